The van der Waals surface area contributed by atoms with Gasteiger partial charge in [-0.05, 0) is 30.7 Å². The van der Waals surface area contributed by atoms with E-state index in [0.717, 1.165) is 12.4 Å². The highest BCUT2D eigenvalue weighted by molar-refractivity contribution is 5.88. The minimum atomic E-state index is -4.99. The Labute approximate surface area is 212 Å². The summed E-state index contributed by atoms with van der Waals surface area (Å²) >= 11 is 0. The van der Waals surface area contributed by atoms with Crippen LogP contribution in [0.4, 0.5) is 29.1 Å². The zero-order valence-corrected chi connectivity index (χ0v) is 19.8. The second-order valence-corrected chi connectivity index (χ2v) is 8.95. The highest BCUT2D eigenvalue weighted by atomic mass is 19.4. The average Bonchev–Trinajstić information content (AvgIpc) is 3.48. The van der Waals surface area contributed by atoms with E-state index in [-0.39, 0.29) is 54.3 Å². The van der Waals surface area contributed by atoms with Crippen LogP contribution in [0, 0.1) is 5.82 Å². The largest absolute Gasteiger partial charge is 0.419 e. The van der Waals surface area contributed by atoms with Crippen molar-refractivity contribution in [3.8, 4) is 0 Å². The second kappa shape index (κ2) is 9.48. The van der Waals surface area contributed by atoms with Crippen molar-refractivity contribution in [1.29, 1.82) is 0 Å². The maximum Gasteiger partial charge on any atom is 0.419 e. The first kappa shape index (κ1) is 25.3. The number of rotatable bonds is 6. The molecule has 0 saturated carbocycles. The number of carbonyl (C=O) groups excluding carboxylic acids is 1. The zero-order valence-electron chi connectivity index (χ0n) is 19.8. The van der Waals surface area contributed by atoms with Crippen LogP contribution in [0.15, 0.2) is 43.1 Å². The molecule has 1 amide bonds. The third-order valence-corrected chi connectivity index (χ3v) is 6.43. The molecule has 38 heavy (non-hydrogen) atoms. The van der Waals surface area contributed by atoms with Gasteiger partial charge in [-0.2, -0.15) is 23.4 Å². The Morgan fingerprint density at radius 1 is 1.18 bits per heavy atom. The Morgan fingerprint density at radius 3 is 2.74 bits per heavy atom. The molecule has 0 spiro atoms. The summed E-state index contributed by atoms with van der Waals surface area (Å²) in [6, 6.07) is 5.37. The highest BCUT2D eigenvalue weighted by Crippen LogP contribution is 2.40. The maximum absolute atomic E-state index is 14.7. The predicted octanol–water partition coefficient (Wildman–Crippen LogP) is 1.63. The van der Waals surface area contributed by atoms with E-state index in [2.05, 4.69) is 30.5 Å². The first-order chi connectivity index (χ1) is 18.1. The molecule has 1 fully saturated rings. The second-order valence-electron chi connectivity index (χ2n) is 8.95. The van der Waals surface area contributed by atoms with E-state index in [0.29, 0.717) is 5.69 Å². The number of nitrogens with one attached hydrogen (secondary N) is 1. The number of benzene rings is 1. The minimum Gasteiger partial charge on any atom is -0.382 e. The van der Waals surface area contributed by atoms with Crippen LogP contribution in [-0.4, -0.2) is 54.3 Å². The molecule has 1 atom stereocenters. The van der Waals surface area contributed by atoms with Gasteiger partial charge in [-0.3, -0.25) is 4.79 Å². The number of amides is 1. The highest BCUT2D eigenvalue weighted by Gasteiger charge is 2.44. The number of anilines is 2. The van der Waals surface area contributed by atoms with Crippen molar-refractivity contribution >= 4 is 28.6 Å². The van der Waals surface area contributed by atoms with E-state index < -0.39 is 35.5 Å². The topological polar surface area (TPSA) is 154 Å². The van der Waals surface area contributed by atoms with E-state index in [9.17, 15) is 22.4 Å². The molecule has 11 nitrogen and oxygen atoms in total. The van der Waals surface area contributed by atoms with Gasteiger partial charge in [0.05, 0.1) is 30.7 Å². The lowest BCUT2D eigenvalue weighted by atomic mass is 9.98. The number of alkyl halides is 3. The molecule has 15 heteroatoms. The summed E-state index contributed by atoms with van der Waals surface area (Å²) in [5.74, 6) is -1.85. The lowest BCUT2D eigenvalue weighted by Gasteiger charge is -2.27. The van der Waals surface area contributed by atoms with Crippen molar-refractivity contribution in [3.05, 3.63) is 65.8 Å². The van der Waals surface area contributed by atoms with Gasteiger partial charge in [0.2, 0.25) is 5.91 Å². The smallest absolute Gasteiger partial charge is 0.382 e. The summed E-state index contributed by atoms with van der Waals surface area (Å²) < 4.78 is 58.3. The number of nitrogens with zero attached hydrogens (tertiary/aromatic N) is 7. The lowest BCUT2D eigenvalue weighted by Crippen LogP contribution is -2.55. The molecule has 1 saturated heterocycles. The molecule has 0 radical (unpaired) electrons. The number of fused-ring (bicyclic) bond motifs is 1. The molecule has 4 aromatic rings. The Hall–Kier alpha value is -4.40. The summed E-state index contributed by atoms with van der Waals surface area (Å²) in [4.78, 5) is 26.5. The number of imidazole rings is 1. The van der Waals surface area contributed by atoms with Gasteiger partial charge < -0.3 is 26.3 Å². The fourth-order valence-electron chi connectivity index (χ4n) is 4.55. The van der Waals surface area contributed by atoms with Gasteiger partial charge >= 0.3 is 6.18 Å². The monoisotopic (exact) mass is 530 g/mol. The molecule has 3 aromatic heterocycles. The van der Waals surface area contributed by atoms with Gasteiger partial charge in [0.15, 0.2) is 11.5 Å². The van der Waals surface area contributed by atoms with Gasteiger partial charge in [-0.25, -0.2) is 19.3 Å². The van der Waals surface area contributed by atoms with Gasteiger partial charge in [-0.15, -0.1) is 0 Å². The number of nitrogen functional groups attached to an aromatic ring is 1. The van der Waals surface area contributed by atoms with Crippen molar-refractivity contribution in [3.63, 3.8) is 0 Å². The third kappa shape index (κ3) is 4.67. The van der Waals surface area contributed by atoms with Gasteiger partial charge in [-0.1, -0.05) is 0 Å². The number of aromatic nitrogens is 6. The number of nitrogens with two attached hydrogens (primary N) is 2. The fourth-order valence-corrected chi connectivity index (χ4v) is 4.55. The third-order valence-electron chi connectivity index (χ3n) is 6.43. The number of halogens is 4. The van der Waals surface area contributed by atoms with E-state index in [1.54, 1.807) is 17.0 Å². The van der Waals surface area contributed by atoms with E-state index in [4.69, 9.17) is 11.5 Å². The van der Waals surface area contributed by atoms with E-state index in [1.807, 2.05) is 0 Å². The number of hydrogen-bond acceptors (Lipinski definition) is 9. The molecule has 1 aromatic carbocycles. The van der Waals surface area contributed by atoms with Gasteiger partial charge in [0, 0.05) is 30.5 Å². The Bertz CT molecular complexity index is 1490. The van der Waals surface area contributed by atoms with Crippen LogP contribution in [-0.2, 0) is 24.1 Å². The van der Waals surface area contributed by atoms with Crippen LogP contribution < -0.4 is 21.7 Å². The fraction of sp³-hybridized carbons (Fsp3) is 0.304. The first-order valence-corrected chi connectivity index (χ1v) is 11.5. The standard InChI is InChI=1S/C23H22F4N10O/c24-15-3-4-16(36-7-5-22(29,10-36)21(38)30-8-13-2-1-6-34-35-13)14(17(15)23(25,26)27)9-37-12-33-18-19(28)31-11-32-20(18)37/h1-4,6,11-12H,5,7-10,29H2,(H,30,38)(H2,28,31,32). The molecule has 0 bridgehead atoms. The predicted molar refractivity (Wildman–Crippen MR) is 128 cm³/mol. The molecule has 1 unspecified atom stereocenters. The minimum absolute atomic E-state index is 0.0595. The molecular formula is C23H22F4N10O. The molecule has 4 heterocycles. The van der Waals surface area contributed by atoms with E-state index in [1.165, 1.54) is 23.2 Å². The van der Waals surface area contributed by atoms with Gasteiger partial charge in [0.1, 0.15) is 23.2 Å². The molecule has 5 rings (SSSR count). The normalized spacial score (nSPS) is 17.8. The van der Waals surface area contributed by atoms with Crippen LogP contribution in [0.1, 0.15) is 23.2 Å². The molecule has 198 valence electrons. The van der Waals surface area contributed by atoms with Crippen molar-refractivity contribution in [2.45, 2.75) is 31.2 Å². The molecule has 0 aliphatic carbocycles. The first-order valence-electron chi connectivity index (χ1n) is 11.5. The average molecular weight is 530 g/mol. The Morgan fingerprint density at radius 2 is 2.00 bits per heavy atom. The molecular weight excluding hydrogens is 508 g/mol. The summed E-state index contributed by atoms with van der Waals surface area (Å²) in [7, 11) is 0. The Balaban J connectivity index is 1.47. The molecule has 5 N–H and O–H groups in total. The quantitative estimate of drug-likeness (QED) is 0.316. The van der Waals surface area contributed by atoms with Crippen LogP contribution >= 0.6 is 0 Å². The molecule has 1 aliphatic rings. The summed E-state index contributed by atoms with van der Waals surface area (Å²) in [5, 5.41) is 10.3. The van der Waals surface area contributed by atoms with E-state index >= 15 is 0 Å². The SMILES string of the molecule is Nc1ncnc2c1ncn2Cc1c(N2CCC(N)(C(=O)NCc3cccnn3)C2)ccc(F)c1C(F)(F)F. The summed E-state index contributed by atoms with van der Waals surface area (Å²) in [6.07, 6.45) is -0.908. The number of hydrogen-bond donors (Lipinski definition) is 3. The summed E-state index contributed by atoms with van der Waals surface area (Å²) in [5.41, 5.74) is 10.1. The van der Waals surface area contributed by atoms with Gasteiger partial charge in [0.25, 0.3) is 0 Å². The van der Waals surface area contributed by atoms with Crippen LogP contribution in [0.3, 0.4) is 0 Å². The van der Waals surface area contributed by atoms with Crippen molar-refractivity contribution in [2.24, 2.45) is 5.73 Å². The lowest BCUT2D eigenvalue weighted by molar-refractivity contribution is -0.140. The van der Waals surface area contributed by atoms with Crippen molar-refractivity contribution in [2.75, 3.05) is 23.7 Å². The summed E-state index contributed by atoms with van der Waals surface area (Å²) in [6.45, 7) is -0.244. The van der Waals surface area contributed by atoms with Crippen LogP contribution in [0.5, 0.6) is 0 Å². The Kier molecular flexibility index (Phi) is 6.30. The van der Waals surface area contributed by atoms with Crippen molar-refractivity contribution in [1.82, 2.24) is 35.0 Å². The number of carbonyl (C=O) groups is 1. The zero-order chi connectivity index (χ0) is 27.1. The maximum atomic E-state index is 14.7. The molecule has 1 aliphatic heterocycles. The van der Waals surface area contributed by atoms with Crippen LogP contribution in [0.2, 0.25) is 0 Å². The van der Waals surface area contributed by atoms with Crippen LogP contribution in [0.25, 0.3) is 11.2 Å². The van der Waals surface area contributed by atoms with Crippen molar-refractivity contribution < 1.29 is 22.4 Å².